The van der Waals surface area contributed by atoms with Gasteiger partial charge in [-0.2, -0.15) is 0 Å². The van der Waals surface area contributed by atoms with Crippen LogP contribution in [0.25, 0.3) is 0 Å². The number of methoxy groups -OCH3 is 1. The van der Waals surface area contributed by atoms with Crippen molar-refractivity contribution in [3.8, 4) is 0 Å². The molecule has 1 aromatic rings. The van der Waals surface area contributed by atoms with Gasteiger partial charge in [0, 0.05) is 31.1 Å². The molecule has 1 heterocycles. The molecule has 1 amide bonds. The molecule has 104 valence electrons. The van der Waals surface area contributed by atoms with E-state index in [1.54, 1.807) is 7.11 Å². The molecule has 0 N–H and O–H groups in total. The predicted molar refractivity (Wildman–Crippen MR) is 79.6 cm³/mol. The highest BCUT2D eigenvalue weighted by molar-refractivity contribution is 9.08. The molecule has 1 aliphatic heterocycles. The Morgan fingerprint density at radius 2 is 2.11 bits per heavy atom. The van der Waals surface area contributed by atoms with Crippen molar-refractivity contribution < 1.29 is 9.53 Å². The number of nitrogens with zero attached hydrogens (tertiary/aromatic N) is 1. The van der Waals surface area contributed by atoms with Crippen molar-refractivity contribution in [2.75, 3.05) is 20.2 Å². The number of benzene rings is 1. The van der Waals surface area contributed by atoms with E-state index in [2.05, 4.69) is 22.9 Å². The summed E-state index contributed by atoms with van der Waals surface area (Å²) in [6, 6.07) is 7.78. The summed E-state index contributed by atoms with van der Waals surface area (Å²) in [4.78, 5) is 14.3. The molecule has 2 atom stereocenters. The van der Waals surface area contributed by atoms with Gasteiger partial charge in [0.05, 0.1) is 6.10 Å². The molecule has 1 fully saturated rings. The van der Waals surface area contributed by atoms with Gasteiger partial charge in [-0.25, -0.2) is 0 Å². The van der Waals surface area contributed by atoms with Crippen LogP contribution in [0.4, 0.5) is 0 Å². The number of rotatable bonds is 3. The van der Waals surface area contributed by atoms with E-state index < -0.39 is 0 Å². The number of likely N-dealkylation sites (tertiary alicyclic amines) is 1. The van der Waals surface area contributed by atoms with Gasteiger partial charge < -0.3 is 9.64 Å². The fourth-order valence-electron chi connectivity index (χ4n) is 2.44. The quantitative estimate of drug-likeness (QED) is 0.799. The maximum atomic E-state index is 12.4. The van der Waals surface area contributed by atoms with Gasteiger partial charge in [0.2, 0.25) is 0 Å². The largest absolute Gasteiger partial charge is 0.379 e. The van der Waals surface area contributed by atoms with E-state index in [1.807, 2.05) is 29.2 Å². The number of alkyl halides is 1. The first-order valence-corrected chi connectivity index (χ1v) is 7.74. The fraction of sp³-hybridized carbons (Fsp3) is 0.533. The van der Waals surface area contributed by atoms with E-state index in [0.717, 1.165) is 23.9 Å². The van der Waals surface area contributed by atoms with Gasteiger partial charge in [0.1, 0.15) is 0 Å². The number of carbonyl (C=O) groups excluding carboxylic acids is 1. The summed E-state index contributed by atoms with van der Waals surface area (Å²) in [5.74, 6) is 0.625. The lowest BCUT2D eigenvalue weighted by Gasteiger charge is -2.36. The molecule has 0 bridgehead atoms. The van der Waals surface area contributed by atoms with Gasteiger partial charge in [0.15, 0.2) is 0 Å². The average molecular weight is 326 g/mol. The molecule has 2 unspecified atom stereocenters. The minimum Gasteiger partial charge on any atom is -0.379 e. The SMILES string of the molecule is COC1CN(C(=O)c2ccc(CBr)cc2)CCC1C. The van der Waals surface area contributed by atoms with Crippen molar-refractivity contribution in [3.05, 3.63) is 35.4 Å². The maximum absolute atomic E-state index is 12.4. The third-order valence-corrected chi connectivity index (χ3v) is 4.48. The van der Waals surface area contributed by atoms with E-state index >= 15 is 0 Å². The monoisotopic (exact) mass is 325 g/mol. The van der Waals surface area contributed by atoms with Crippen LogP contribution in [0.1, 0.15) is 29.3 Å². The Hall–Kier alpha value is -0.870. The van der Waals surface area contributed by atoms with Gasteiger partial charge in [-0.3, -0.25) is 4.79 Å². The molecule has 2 rings (SSSR count). The number of halogens is 1. The zero-order valence-electron chi connectivity index (χ0n) is 11.4. The first kappa shape index (κ1) is 14.5. The highest BCUT2D eigenvalue weighted by atomic mass is 79.9. The van der Waals surface area contributed by atoms with E-state index in [9.17, 15) is 4.79 Å². The average Bonchev–Trinajstić information content (AvgIpc) is 2.47. The molecule has 0 aromatic heterocycles. The van der Waals surface area contributed by atoms with Gasteiger partial charge in [-0.15, -0.1) is 0 Å². The van der Waals surface area contributed by atoms with Gasteiger partial charge in [-0.1, -0.05) is 35.0 Å². The minimum atomic E-state index is 0.107. The third-order valence-electron chi connectivity index (χ3n) is 3.83. The molecule has 0 spiro atoms. The topological polar surface area (TPSA) is 29.5 Å². The Morgan fingerprint density at radius 1 is 1.42 bits per heavy atom. The number of hydrogen-bond donors (Lipinski definition) is 0. The summed E-state index contributed by atoms with van der Waals surface area (Å²) in [6.45, 7) is 3.69. The van der Waals surface area contributed by atoms with E-state index in [-0.39, 0.29) is 12.0 Å². The van der Waals surface area contributed by atoms with Gasteiger partial charge >= 0.3 is 0 Å². The first-order valence-electron chi connectivity index (χ1n) is 6.62. The van der Waals surface area contributed by atoms with Crippen molar-refractivity contribution in [3.63, 3.8) is 0 Å². The van der Waals surface area contributed by atoms with Crippen LogP contribution in [0.2, 0.25) is 0 Å². The van der Waals surface area contributed by atoms with Crippen LogP contribution in [0.3, 0.4) is 0 Å². The van der Waals surface area contributed by atoms with E-state index in [4.69, 9.17) is 4.74 Å². The maximum Gasteiger partial charge on any atom is 0.253 e. The van der Waals surface area contributed by atoms with Crippen LogP contribution in [-0.4, -0.2) is 37.1 Å². The van der Waals surface area contributed by atoms with Crippen molar-refractivity contribution in [1.29, 1.82) is 0 Å². The Bertz CT molecular complexity index is 432. The predicted octanol–water partition coefficient (Wildman–Crippen LogP) is 3.08. The fourth-order valence-corrected chi connectivity index (χ4v) is 2.82. The molecule has 19 heavy (non-hydrogen) atoms. The third kappa shape index (κ3) is 3.37. The lowest BCUT2D eigenvalue weighted by atomic mass is 9.95. The van der Waals surface area contributed by atoms with E-state index in [0.29, 0.717) is 12.5 Å². The molecular weight excluding hydrogens is 306 g/mol. The number of piperidine rings is 1. The summed E-state index contributed by atoms with van der Waals surface area (Å²) in [5, 5.41) is 0.814. The lowest BCUT2D eigenvalue weighted by Crippen LogP contribution is -2.46. The summed E-state index contributed by atoms with van der Waals surface area (Å²) in [6.07, 6.45) is 1.16. The van der Waals surface area contributed by atoms with Crippen LogP contribution in [-0.2, 0) is 10.1 Å². The van der Waals surface area contributed by atoms with Gasteiger partial charge in [-0.05, 0) is 30.0 Å². The number of hydrogen-bond acceptors (Lipinski definition) is 2. The molecule has 0 aliphatic carbocycles. The molecule has 0 saturated carbocycles. The molecule has 3 nitrogen and oxygen atoms in total. The number of carbonyl (C=O) groups is 1. The summed E-state index contributed by atoms with van der Waals surface area (Å²) in [5.41, 5.74) is 1.94. The molecule has 4 heteroatoms. The number of ether oxygens (including phenoxy) is 1. The Balaban J connectivity index is 2.06. The van der Waals surface area contributed by atoms with Crippen molar-refractivity contribution in [1.82, 2.24) is 4.90 Å². The van der Waals surface area contributed by atoms with Crippen LogP contribution in [0, 0.1) is 5.92 Å². The van der Waals surface area contributed by atoms with Crippen LogP contribution in [0.5, 0.6) is 0 Å². The van der Waals surface area contributed by atoms with Crippen LogP contribution < -0.4 is 0 Å². The molecule has 1 aromatic carbocycles. The van der Waals surface area contributed by atoms with E-state index in [1.165, 1.54) is 5.56 Å². The summed E-state index contributed by atoms with van der Waals surface area (Å²) < 4.78 is 5.46. The first-order chi connectivity index (χ1) is 9.15. The zero-order valence-corrected chi connectivity index (χ0v) is 13.0. The second kappa shape index (κ2) is 6.53. The Morgan fingerprint density at radius 3 is 2.68 bits per heavy atom. The molecular formula is C15H20BrNO2. The summed E-state index contributed by atoms with van der Waals surface area (Å²) in [7, 11) is 1.72. The Labute approximate surface area is 123 Å². The number of amides is 1. The molecule has 1 saturated heterocycles. The highest BCUT2D eigenvalue weighted by Crippen LogP contribution is 2.21. The Kier molecular flexibility index (Phi) is 4.99. The highest BCUT2D eigenvalue weighted by Gasteiger charge is 2.29. The van der Waals surface area contributed by atoms with Crippen molar-refractivity contribution in [2.24, 2.45) is 5.92 Å². The van der Waals surface area contributed by atoms with Crippen LogP contribution in [0.15, 0.2) is 24.3 Å². The van der Waals surface area contributed by atoms with Crippen molar-refractivity contribution in [2.45, 2.75) is 24.8 Å². The minimum absolute atomic E-state index is 0.107. The second-order valence-electron chi connectivity index (χ2n) is 5.12. The lowest BCUT2D eigenvalue weighted by molar-refractivity contribution is -0.00156. The zero-order chi connectivity index (χ0) is 13.8. The standard InChI is InChI=1S/C15H20BrNO2/c1-11-7-8-17(10-14(11)19-2)15(18)13-5-3-12(9-16)4-6-13/h3-6,11,14H,7-10H2,1-2H3. The summed E-state index contributed by atoms with van der Waals surface area (Å²) >= 11 is 3.41. The molecule has 0 radical (unpaired) electrons. The van der Waals surface area contributed by atoms with Crippen LogP contribution >= 0.6 is 15.9 Å². The molecule has 1 aliphatic rings. The van der Waals surface area contributed by atoms with Crippen molar-refractivity contribution >= 4 is 21.8 Å². The van der Waals surface area contributed by atoms with Gasteiger partial charge in [0.25, 0.3) is 5.91 Å². The second-order valence-corrected chi connectivity index (χ2v) is 5.68. The smallest absolute Gasteiger partial charge is 0.253 e. The normalized spacial score (nSPS) is 23.4.